The average Bonchev–Trinajstić information content (AvgIpc) is 2.93. The largest absolute Gasteiger partial charge is 0.376 e. The molecule has 0 aromatic carbocycles. The molecule has 1 unspecified atom stereocenters. The predicted molar refractivity (Wildman–Crippen MR) is 94.4 cm³/mol. The average molecular weight is 298 g/mol. The molecular formula is C21H30O. The summed E-state index contributed by atoms with van der Waals surface area (Å²) in [6.45, 7) is 9.03. The van der Waals surface area contributed by atoms with Gasteiger partial charge in [0.2, 0.25) is 0 Å². The summed E-state index contributed by atoms with van der Waals surface area (Å²) in [5.41, 5.74) is 5.76. The van der Waals surface area contributed by atoms with Gasteiger partial charge in [-0.25, -0.2) is 0 Å². The highest BCUT2D eigenvalue weighted by atomic mass is 16.3. The van der Waals surface area contributed by atoms with Crippen molar-refractivity contribution in [3.05, 3.63) is 34.4 Å². The van der Waals surface area contributed by atoms with Gasteiger partial charge in [-0.3, -0.25) is 0 Å². The van der Waals surface area contributed by atoms with Crippen LogP contribution in [0.4, 0.5) is 0 Å². The topological polar surface area (TPSA) is 20.2 Å². The molecule has 1 N–H and O–H groups in total. The SMILES string of the molecule is CCC1=C(C(O)C#CC=CC2=C(C)CCCC2(C)C)CCC1. The van der Waals surface area contributed by atoms with Crippen LogP contribution in [0.2, 0.25) is 0 Å². The van der Waals surface area contributed by atoms with Gasteiger partial charge in [0, 0.05) is 0 Å². The molecule has 1 nitrogen and oxygen atoms in total. The molecule has 22 heavy (non-hydrogen) atoms. The molecule has 0 bridgehead atoms. The maximum atomic E-state index is 10.3. The highest BCUT2D eigenvalue weighted by Crippen LogP contribution is 2.40. The lowest BCUT2D eigenvalue weighted by molar-refractivity contribution is 0.264. The molecule has 2 aliphatic rings. The molecule has 0 radical (unpaired) electrons. The molecule has 0 aromatic heterocycles. The van der Waals surface area contributed by atoms with Crippen LogP contribution in [-0.2, 0) is 0 Å². The first-order valence-electron chi connectivity index (χ1n) is 8.72. The normalized spacial score (nSPS) is 23.0. The van der Waals surface area contributed by atoms with Crippen molar-refractivity contribution < 1.29 is 5.11 Å². The zero-order valence-corrected chi connectivity index (χ0v) is 14.6. The summed E-state index contributed by atoms with van der Waals surface area (Å²) < 4.78 is 0. The van der Waals surface area contributed by atoms with E-state index in [1.54, 1.807) is 0 Å². The highest BCUT2D eigenvalue weighted by molar-refractivity contribution is 5.37. The van der Waals surface area contributed by atoms with Gasteiger partial charge in [-0.1, -0.05) is 49.8 Å². The zero-order chi connectivity index (χ0) is 16.2. The Morgan fingerprint density at radius 2 is 2.00 bits per heavy atom. The van der Waals surface area contributed by atoms with Crippen molar-refractivity contribution in [1.29, 1.82) is 0 Å². The molecular weight excluding hydrogens is 268 g/mol. The lowest BCUT2D eigenvalue weighted by Crippen LogP contribution is -2.18. The Balaban J connectivity index is 2.07. The lowest BCUT2D eigenvalue weighted by atomic mass is 9.73. The summed E-state index contributed by atoms with van der Waals surface area (Å²) in [6, 6.07) is 0. The zero-order valence-electron chi connectivity index (χ0n) is 14.6. The second-order valence-corrected chi connectivity index (χ2v) is 7.29. The number of hydrogen-bond donors (Lipinski definition) is 1. The van der Waals surface area contributed by atoms with E-state index in [0.29, 0.717) is 0 Å². The summed E-state index contributed by atoms with van der Waals surface area (Å²) >= 11 is 0. The molecule has 0 amide bonds. The predicted octanol–water partition coefficient (Wildman–Crippen LogP) is 5.32. The first-order valence-corrected chi connectivity index (χ1v) is 8.72. The van der Waals surface area contributed by atoms with Gasteiger partial charge in [0.1, 0.15) is 6.10 Å². The maximum Gasteiger partial charge on any atom is 0.136 e. The molecule has 2 aliphatic carbocycles. The van der Waals surface area contributed by atoms with Gasteiger partial charge < -0.3 is 5.11 Å². The summed E-state index contributed by atoms with van der Waals surface area (Å²) in [7, 11) is 0. The van der Waals surface area contributed by atoms with E-state index in [-0.39, 0.29) is 5.41 Å². The molecule has 0 saturated heterocycles. The fourth-order valence-corrected chi connectivity index (χ4v) is 3.91. The molecule has 0 heterocycles. The minimum atomic E-state index is -0.573. The van der Waals surface area contributed by atoms with E-state index < -0.39 is 6.10 Å². The number of aliphatic hydroxyl groups is 1. The molecule has 1 atom stereocenters. The molecule has 120 valence electrons. The fraction of sp³-hybridized carbons (Fsp3) is 0.619. The molecule has 1 heteroatoms. The van der Waals surface area contributed by atoms with Gasteiger partial charge >= 0.3 is 0 Å². The number of allylic oxidation sites excluding steroid dienone is 5. The van der Waals surface area contributed by atoms with Crippen molar-refractivity contribution in [2.45, 2.75) is 78.7 Å². The van der Waals surface area contributed by atoms with Gasteiger partial charge in [0.05, 0.1) is 0 Å². The summed E-state index contributed by atoms with van der Waals surface area (Å²) in [5, 5.41) is 10.3. The van der Waals surface area contributed by atoms with E-state index in [9.17, 15) is 5.11 Å². The van der Waals surface area contributed by atoms with E-state index in [2.05, 4.69) is 45.6 Å². The minimum Gasteiger partial charge on any atom is -0.376 e. The summed E-state index contributed by atoms with van der Waals surface area (Å²) in [4.78, 5) is 0. The Morgan fingerprint density at radius 3 is 2.68 bits per heavy atom. The first kappa shape index (κ1) is 17.1. The Morgan fingerprint density at radius 1 is 1.23 bits per heavy atom. The van der Waals surface area contributed by atoms with Crippen LogP contribution in [0.15, 0.2) is 34.4 Å². The van der Waals surface area contributed by atoms with E-state index in [0.717, 1.165) is 19.3 Å². The Hall–Kier alpha value is -1.26. The third-order valence-electron chi connectivity index (χ3n) is 5.23. The Bertz CT molecular complexity index is 560. The molecule has 0 fully saturated rings. The van der Waals surface area contributed by atoms with Crippen LogP contribution in [0.1, 0.15) is 72.6 Å². The third-order valence-corrected chi connectivity index (χ3v) is 5.23. The molecule has 0 aliphatic heterocycles. The number of aliphatic hydroxyl groups excluding tert-OH is 1. The van der Waals surface area contributed by atoms with E-state index in [1.807, 2.05) is 6.08 Å². The molecule has 0 saturated carbocycles. The maximum absolute atomic E-state index is 10.3. The Kier molecular flexibility index (Phi) is 5.70. The van der Waals surface area contributed by atoms with Gasteiger partial charge in [0.25, 0.3) is 0 Å². The third kappa shape index (κ3) is 3.93. The first-order chi connectivity index (χ1) is 10.5. The van der Waals surface area contributed by atoms with Crippen LogP contribution in [0.5, 0.6) is 0 Å². The molecule has 0 spiro atoms. The smallest absolute Gasteiger partial charge is 0.136 e. The van der Waals surface area contributed by atoms with Crippen LogP contribution in [-0.4, -0.2) is 11.2 Å². The summed E-state index contributed by atoms with van der Waals surface area (Å²) in [6.07, 6.45) is 11.6. The van der Waals surface area contributed by atoms with Crippen LogP contribution in [0.25, 0.3) is 0 Å². The number of hydrogen-bond acceptors (Lipinski definition) is 1. The highest BCUT2D eigenvalue weighted by Gasteiger charge is 2.26. The standard InChI is InChI=1S/C21H30O/c1-5-17-11-8-12-18(17)20(22)14-7-6-13-19-16(2)10-9-15-21(19,3)4/h6,13,20,22H,5,8-12,15H2,1-4H3. The molecule has 0 aromatic rings. The van der Waals surface area contributed by atoms with Gasteiger partial charge in [0.15, 0.2) is 0 Å². The monoisotopic (exact) mass is 298 g/mol. The van der Waals surface area contributed by atoms with Gasteiger partial charge in [-0.15, -0.1) is 0 Å². The second kappa shape index (κ2) is 7.34. The second-order valence-electron chi connectivity index (χ2n) is 7.29. The quantitative estimate of drug-likeness (QED) is 0.552. The van der Waals surface area contributed by atoms with Gasteiger partial charge in [-0.05, 0) is 74.5 Å². The van der Waals surface area contributed by atoms with Gasteiger partial charge in [-0.2, -0.15) is 0 Å². The van der Waals surface area contributed by atoms with Crippen molar-refractivity contribution in [1.82, 2.24) is 0 Å². The van der Waals surface area contributed by atoms with Crippen LogP contribution < -0.4 is 0 Å². The van der Waals surface area contributed by atoms with E-state index in [1.165, 1.54) is 48.0 Å². The van der Waals surface area contributed by atoms with Crippen molar-refractivity contribution in [2.75, 3.05) is 0 Å². The van der Waals surface area contributed by atoms with Crippen molar-refractivity contribution in [3.8, 4) is 11.8 Å². The van der Waals surface area contributed by atoms with Crippen LogP contribution in [0.3, 0.4) is 0 Å². The lowest BCUT2D eigenvalue weighted by Gasteiger charge is -2.32. The van der Waals surface area contributed by atoms with Crippen molar-refractivity contribution >= 4 is 0 Å². The van der Waals surface area contributed by atoms with Crippen LogP contribution >= 0.6 is 0 Å². The fourth-order valence-electron chi connectivity index (χ4n) is 3.91. The number of rotatable bonds is 3. The van der Waals surface area contributed by atoms with E-state index >= 15 is 0 Å². The molecule has 2 rings (SSSR count). The van der Waals surface area contributed by atoms with Crippen molar-refractivity contribution in [3.63, 3.8) is 0 Å². The minimum absolute atomic E-state index is 0.252. The summed E-state index contributed by atoms with van der Waals surface area (Å²) in [5.74, 6) is 6.07. The van der Waals surface area contributed by atoms with Crippen molar-refractivity contribution in [2.24, 2.45) is 5.41 Å². The van der Waals surface area contributed by atoms with Crippen LogP contribution in [0, 0.1) is 17.3 Å². The van der Waals surface area contributed by atoms with E-state index in [4.69, 9.17) is 0 Å². The Labute approximate surface area is 136 Å².